The highest BCUT2D eigenvalue weighted by molar-refractivity contribution is 6.30. The Balaban J connectivity index is 2.11. The first-order valence-electron chi connectivity index (χ1n) is 6.29. The van der Waals surface area contributed by atoms with Crippen molar-refractivity contribution in [1.82, 2.24) is 0 Å². The fourth-order valence-electron chi connectivity index (χ4n) is 2.76. The predicted molar refractivity (Wildman–Crippen MR) is 75.8 cm³/mol. The van der Waals surface area contributed by atoms with E-state index in [9.17, 15) is 5.11 Å². The molecule has 2 nitrogen and oxygen atoms in total. The van der Waals surface area contributed by atoms with Crippen LogP contribution in [0.5, 0.6) is 5.75 Å². The van der Waals surface area contributed by atoms with E-state index in [0.717, 1.165) is 23.3 Å². The van der Waals surface area contributed by atoms with Gasteiger partial charge in [-0.1, -0.05) is 29.8 Å². The molecule has 1 aliphatic carbocycles. The summed E-state index contributed by atoms with van der Waals surface area (Å²) in [5.41, 5.74) is 2.06. The lowest BCUT2D eigenvalue weighted by Crippen LogP contribution is -2.23. The molecule has 0 saturated heterocycles. The van der Waals surface area contributed by atoms with E-state index in [1.54, 1.807) is 7.11 Å². The third kappa shape index (κ3) is 2.01. The molecule has 19 heavy (non-hydrogen) atoms. The number of ether oxygens (including phenoxy) is 1. The van der Waals surface area contributed by atoms with Crippen molar-refractivity contribution >= 4 is 11.6 Å². The van der Waals surface area contributed by atoms with Gasteiger partial charge in [0.05, 0.1) is 7.11 Å². The Bertz CT molecular complexity index is 607. The molecule has 1 unspecified atom stereocenters. The molecule has 3 heteroatoms. The molecule has 0 fully saturated rings. The number of benzene rings is 2. The molecule has 3 rings (SSSR count). The lowest BCUT2D eigenvalue weighted by atomic mass is 9.88. The third-order valence-electron chi connectivity index (χ3n) is 3.84. The third-order valence-corrected chi connectivity index (χ3v) is 4.09. The minimum Gasteiger partial charge on any atom is -0.497 e. The molecule has 0 aromatic heterocycles. The fraction of sp³-hybridized carbons (Fsp3) is 0.250. The second kappa shape index (κ2) is 4.55. The summed E-state index contributed by atoms with van der Waals surface area (Å²) in [6, 6.07) is 13.3. The van der Waals surface area contributed by atoms with E-state index in [1.807, 2.05) is 42.5 Å². The van der Waals surface area contributed by atoms with Gasteiger partial charge in [-0.2, -0.15) is 0 Å². The number of hydrogen-bond donors (Lipinski definition) is 1. The van der Waals surface area contributed by atoms with Crippen LogP contribution in [-0.4, -0.2) is 12.2 Å². The minimum absolute atomic E-state index is 0.677. The molecule has 98 valence electrons. The van der Waals surface area contributed by atoms with Crippen molar-refractivity contribution in [2.75, 3.05) is 7.11 Å². The van der Waals surface area contributed by atoms with Gasteiger partial charge in [0, 0.05) is 5.02 Å². The van der Waals surface area contributed by atoms with E-state index in [-0.39, 0.29) is 0 Å². The Kier molecular flexibility index (Phi) is 3.00. The van der Waals surface area contributed by atoms with Gasteiger partial charge in [-0.25, -0.2) is 0 Å². The highest BCUT2D eigenvalue weighted by Crippen LogP contribution is 2.43. The minimum atomic E-state index is -0.936. The smallest absolute Gasteiger partial charge is 0.119 e. The van der Waals surface area contributed by atoms with E-state index in [2.05, 4.69) is 0 Å². The summed E-state index contributed by atoms with van der Waals surface area (Å²) >= 11 is 5.91. The van der Waals surface area contributed by atoms with Crippen LogP contribution in [0.3, 0.4) is 0 Å². The van der Waals surface area contributed by atoms with E-state index in [1.165, 1.54) is 5.56 Å². The number of rotatable bonds is 2. The molecule has 0 amide bonds. The Labute approximate surface area is 117 Å². The predicted octanol–water partition coefficient (Wildman–Crippen LogP) is 3.53. The van der Waals surface area contributed by atoms with Crippen LogP contribution in [0.4, 0.5) is 0 Å². The van der Waals surface area contributed by atoms with Crippen LogP contribution >= 0.6 is 11.6 Å². The zero-order chi connectivity index (χ0) is 13.5. The van der Waals surface area contributed by atoms with Crippen molar-refractivity contribution in [2.24, 2.45) is 0 Å². The Morgan fingerprint density at radius 2 is 1.89 bits per heavy atom. The first-order valence-corrected chi connectivity index (χ1v) is 6.67. The highest BCUT2D eigenvalue weighted by atomic mass is 35.5. The topological polar surface area (TPSA) is 29.5 Å². The number of aryl methyl sites for hydroxylation is 1. The van der Waals surface area contributed by atoms with Gasteiger partial charge < -0.3 is 9.84 Å². The van der Waals surface area contributed by atoms with Gasteiger partial charge in [0.15, 0.2) is 0 Å². The zero-order valence-electron chi connectivity index (χ0n) is 10.7. The van der Waals surface area contributed by atoms with Gasteiger partial charge in [-0.05, 0) is 53.8 Å². The molecule has 0 heterocycles. The van der Waals surface area contributed by atoms with Crippen LogP contribution in [0, 0.1) is 0 Å². The summed E-state index contributed by atoms with van der Waals surface area (Å²) in [6.45, 7) is 0. The van der Waals surface area contributed by atoms with Gasteiger partial charge in [-0.3, -0.25) is 0 Å². The standard InChI is InChI=1S/C16H15ClO2/c1-19-14-7-2-11-8-9-16(18,15(11)10-14)12-3-5-13(17)6-4-12/h2-7,10,18H,8-9H2,1H3. The molecule has 0 aliphatic heterocycles. The zero-order valence-corrected chi connectivity index (χ0v) is 11.4. The van der Waals surface area contributed by atoms with Crippen molar-refractivity contribution < 1.29 is 9.84 Å². The Morgan fingerprint density at radius 1 is 1.16 bits per heavy atom. The number of hydrogen-bond acceptors (Lipinski definition) is 2. The number of methoxy groups -OCH3 is 1. The average molecular weight is 275 g/mol. The molecule has 0 saturated carbocycles. The number of aliphatic hydroxyl groups is 1. The van der Waals surface area contributed by atoms with Crippen molar-refractivity contribution in [2.45, 2.75) is 18.4 Å². The van der Waals surface area contributed by atoms with Crippen LogP contribution in [0.15, 0.2) is 42.5 Å². The number of fused-ring (bicyclic) bond motifs is 1. The van der Waals surface area contributed by atoms with Crippen molar-refractivity contribution in [3.63, 3.8) is 0 Å². The highest BCUT2D eigenvalue weighted by Gasteiger charge is 2.38. The van der Waals surface area contributed by atoms with Gasteiger partial charge in [-0.15, -0.1) is 0 Å². The molecule has 1 atom stereocenters. The molecular weight excluding hydrogens is 260 g/mol. The monoisotopic (exact) mass is 274 g/mol. The average Bonchev–Trinajstić information content (AvgIpc) is 2.78. The van der Waals surface area contributed by atoms with Crippen molar-refractivity contribution in [1.29, 1.82) is 0 Å². The number of halogens is 1. The molecule has 1 N–H and O–H groups in total. The molecular formula is C16H15ClO2. The van der Waals surface area contributed by atoms with Gasteiger partial charge in [0.25, 0.3) is 0 Å². The lowest BCUT2D eigenvalue weighted by Gasteiger charge is -2.25. The van der Waals surface area contributed by atoms with E-state index in [0.29, 0.717) is 11.4 Å². The van der Waals surface area contributed by atoms with Crippen LogP contribution < -0.4 is 4.74 Å². The van der Waals surface area contributed by atoms with Crippen LogP contribution in [-0.2, 0) is 12.0 Å². The van der Waals surface area contributed by atoms with Gasteiger partial charge in [0.2, 0.25) is 0 Å². The first-order chi connectivity index (χ1) is 9.13. The lowest BCUT2D eigenvalue weighted by molar-refractivity contribution is 0.0827. The molecule has 0 spiro atoms. The Morgan fingerprint density at radius 3 is 2.58 bits per heavy atom. The maximum absolute atomic E-state index is 11.0. The van der Waals surface area contributed by atoms with Gasteiger partial charge >= 0.3 is 0 Å². The second-order valence-corrected chi connectivity index (χ2v) is 5.33. The second-order valence-electron chi connectivity index (χ2n) is 4.89. The van der Waals surface area contributed by atoms with Crippen molar-refractivity contribution in [3.8, 4) is 5.75 Å². The SMILES string of the molecule is COc1ccc2c(c1)C(O)(c1ccc(Cl)cc1)CC2. The van der Waals surface area contributed by atoms with E-state index >= 15 is 0 Å². The molecule has 1 aliphatic rings. The first kappa shape index (κ1) is 12.5. The normalized spacial score (nSPS) is 21.2. The summed E-state index contributed by atoms with van der Waals surface area (Å²) in [4.78, 5) is 0. The largest absolute Gasteiger partial charge is 0.497 e. The molecule has 0 bridgehead atoms. The van der Waals surface area contributed by atoms with E-state index in [4.69, 9.17) is 16.3 Å². The van der Waals surface area contributed by atoms with Crippen LogP contribution in [0.25, 0.3) is 0 Å². The summed E-state index contributed by atoms with van der Waals surface area (Å²) in [6.07, 6.45) is 1.57. The van der Waals surface area contributed by atoms with E-state index < -0.39 is 5.60 Å². The summed E-state index contributed by atoms with van der Waals surface area (Å²) in [5, 5.41) is 11.7. The van der Waals surface area contributed by atoms with Crippen LogP contribution in [0.1, 0.15) is 23.1 Å². The summed E-state index contributed by atoms with van der Waals surface area (Å²) < 4.78 is 5.26. The Hall–Kier alpha value is -1.51. The molecule has 2 aromatic rings. The fourth-order valence-corrected chi connectivity index (χ4v) is 2.89. The quantitative estimate of drug-likeness (QED) is 0.908. The molecule has 2 aromatic carbocycles. The maximum Gasteiger partial charge on any atom is 0.119 e. The summed E-state index contributed by atoms with van der Waals surface area (Å²) in [5.74, 6) is 0.771. The maximum atomic E-state index is 11.0. The van der Waals surface area contributed by atoms with Crippen LogP contribution in [0.2, 0.25) is 5.02 Å². The van der Waals surface area contributed by atoms with Crippen molar-refractivity contribution in [3.05, 3.63) is 64.2 Å². The molecule has 0 radical (unpaired) electrons. The van der Waals surface area contributed by atoms with Gasteiger partial charge in [0.1, 0.15) is 11.4 Å². The summed E-state index contributed by atoms with van der Waals surface area (Å²) in [7, 11) is 1.64.